The molecule has 0 unspecified atom stereocenters. The van der Waals surface area contributed by atoms with Crippen LogP contribution in [0.4, 0.5) is 0 Å². The first-order valence-electron chi connectivity index (χ1n) is 4.08. The van der Waals surface area contributed by atoms with Crippen molar-refractivity contribution in [2.45, 2.75) is 24.9 Å². The highest BCUT2D eigenvalue weighted by Crippen LogP contribution is 2.35. The summed E-state index contributed by atoms with van der Waals surface area (Å²) in [5.74, 6) is 2.52. The normalized spacial score (nSPS) is 29.6. The van der Waals surface area contributed by atoms with Crippen molar-refractivity contribution in [3.05, 3.63) is 0 Å². The highest BCUT2D eigenvalue weighted by molar-refractivity contribution is 7.99. The predicted molar refractivity (Wildman–Crippen MR) is 44.9 cm³/mol. The molecule has 11 heavy (non-hydrogen) atoms. The summed E-state index contributed by atoms with van der Waals surface area (Å²) in [5.41, 5.74) is -0.328. The summed E-state index contributed by atoms with van der Waals surface area (Å²) in [7, 11) is 0. The highest BCUT2D eigenvalue weighted by atomic mass is 32.2. The number of thioether (sulfide) groups is 1. The topological polar surface area (TPSA) is 26.3 Å². The molecule has 3 heteroatoms. The molecule has 2 fully saturated rings. The van der Waals surface area contributed by atoms with Crippen LogP contribution in [0.1, 0.15) is 19.3 Å². The number of hydrogen-bond acceptors (Lipinski definition) is 3. The molecule has 0 aromatic carbocycles. The molecule has 2 aliphatic rings. The fourth-order valence-corrected chi connectivity index (χ4v) is 2.92. The van der Waals surface area contributed by atoms with Gasteiger partial charge in [-0.3, -0.25) is 4.79 Å². The molecule has 2 rings (SSSR count). The average molecular weight is 172 g/mol. The van der Waals surface area contributed by atoms with Gasteiger partial charge in [0, 0.05) is 6.42 Å². The average Bonchev–Trinajstić information content (AvgIpc) is 2.36. The van der Waals surface area contributed by atoms with Crippen LogP contribution in [0, 0.1) is 0 Å². The second-order valence-electron chi connectivity index (χ2n) is 3.13. The van der Waals surface area contributed by atoms with E-state index in [1.807, 2.05) is 11.8 Å². The van der Waals surface area contributed by atoms with Gasteiger partial charge in [-0.15, -0.1) is 0 Å². The molecule has 0 bridgehead atoms. The molecule has 0 aromatic heterocycles. The zero-order valence-electron chi connectivity index (χ0n) is 6.47. The molecular weight excluding hydrogens is 160 g/mol. The number of ketones is 1. The molecule has 0 atom stereocenters. The second-order valence-corrected chi connectivity index (χ2v) is 4.35. The van der Waals surface area contributed by atoms with Crippen molar-refractivity contribution < 1.29 is 9.53 Å². The van der Waals surface area contributed by atoms with Gasteiger partial charge in [-0.2, -0.15) is 11.8 Å². The van der Waals surface area contributed by atoms with Gasteiger partial charge < -0.3 is 4.74 Å². The molecular formula is C8H12O2S. The van der Waals surface area contributed by atoms with E-state index >= 15 is 0 Å². The van der Waals surface area contributed by atoms with Crippen LogP contribution in [-0.2, 0) is 9.53 Å². The minimum Gasteiger partial charge on any atom is -0.367 e. The Morgan fingerprint density at radius 3 is 2.64 bits per heavy atom. The van der Waals surface area contributed by atoms with E-state index in [1.54, 1.807) is 0 Å². The maximum Gasteiger partial charge on any atom is 0.166 e. The lowest BCUT2D eigenvalue weighted by molar-refractivity contribution is -0.132. The summed E-state index contributed by atoms with van der Waals surface area (Å²) in [6.45, 7) is 0.656. The Hall–Kier alpha value is -0.0200. The van der Waals surface area contributed by atoms with Gasteiger partial charge in [-0.05, 0) is 24.3 Å². The van der Waals surface area contributed by atoms with Gasteiger partial charge in [0.1, 0.15) is 5.60 Å². The second kappa shape index (κ2) is 2.79. The third-order valence-electron chi connectivity index (χ3n) is 2.52. The zero-order valence-corrected chi connectivity index (χ0v) is 7.28. The SMILES string of the molecule is O=C1CCOC12CCSCC2. The quantitative estimate of drug-likeness (QED) is 0.550. The van der Waals surface area contributed by atoms with Crippen molar-refractivity contribution in [1.82, 2.24) is 0 Å². The lowest BCUT2D eigenvalue weighted by atomic mass is 9.92. The predicted octanol–water partition coefficient (Wildman–Crippen LogP) is 1.24. The number of hydrogen-bond donors (Lipinski definition) is 0. The summed E-state index contributed by atoms with van der Waals surface area (Å²) in [6, 6.07) is 0. The summed E-state index contributed by atoms with van der Waals surface area (Å²) in [4.78, 5) is 11.4. The molecule has 0 aromatic rings. The first-order chi connectivity index (χ1) is 5.33. The van der Waals surface area contributed by atoms with E-state index < -0.39 is 0 Å². The van der Waals surface area contributed by atoms with Crippen LogP contribution < -0.4 is 0 Å². The Labute approximate surface area is 70.7 Å². The molecule has 0 N–H and O–H groups in total. The number of Topliss-reactive ketones (excluding diaryl/α,β-unsaturated/α-hetero) is 1. The van der Waals surface area contributed by atoms with Crippen LogP contribution in [0.3, 0.4) is 0 Å². The molecule has 2 aliphatic heterocycles. The monoisotopic (exact) mass is 172 g/mol. The molecule has 0 saturated carbocycles. The van der Waals surface area contributed by atoms with Crippen molar-refractivity contribution in [3.8, 4) is 0 Å². The van der Waals surface area contributed by atoms with Crippen LogP contribution in [0.25, 0.3) is 0 Å². The van der Waals surface area contributed by atoms with Crippen LogP contribution in [0.5, 0.6) is 0 Å². The van der Waals surface area contributed by atoms with Crippen LogP contribution in [-0.4, -0.2) is 29.5 Å². The van der Waals surface area contributed by atoms with Crippen molar-refractivity contribution >= 4 is 17.5 Å². The number of carbonyl (C=O) groups excluding carboxylic acids is 1. The van der Waals surface area contributed by atoms with E-state index in [9.17, 15) is 4.79 Å². The lowest BCUT2D eigenvalue weighted by Gasteiger charge is -2.30. The molecule has 2 heterocycles. The number of ether oxygens (including phenoxy) is 1. The van der Waals surface area contributed by atoms with Gasteiger partial charge >= 0.3 is 0 Å². The van der Waals surface area contributed by atoms with E-state index in [0.29, 0.717) is 18.8 Å². The van der Waals surface area contributed by atoms with Gasteiger partial charge in [0.2, 0.25) is 0 Å². The molecule has 2 saturated heterocycles. The maximum absolute atomic E-state index is 11.4. The van der Waals surface area contributed by atoms with Gasteiger partial charge in [0.25, 0.3) is 0 Å². The lowest BCUT2D eigenvalue weighted by Crippen LogP contribution is -2.39. The third kappa shape index (κ3) is 1.20. The Morgan fingerprint density at radius 1 is 1.36 bits per heavy atom. The number of rotatable bonds is 0. The van der Waals surface area contributed by atoms with Crippen LogP contribution >= 0.6 is 11.8 Å². The van der Waals surface area contributed by atoms with Crippen molar-refractivity contribution in [2.75, 3.05) is 18.1 Å². The largest absolute Gasteiger partial charge is 0.367 e. The van der Waals surface area contributed by atoms with E-state index in [4.69, 9.17) is 4.74 Å². The third-order valence-corrected chi connectivity index (χ3v) is 3.50. The molecule has 62 valence electrons. The van der Waals surface area contributed by atoms with E-state index in [1.165, 1.54) is 0 Å². The van der Waals surface area contributed by atoms with Crippen LogP contribution in [0.15, 0.2) is 0 Å². The van der Waals surface area contributed by atoms with E-state index in [-0.39, 0.29) is 5.60 Å². The minimum atomic E-state index is -0.328. The molecule has 0 radical (unpaired) electrons. The summed E-state index contributed by atoms with van der Waals surface area (Å²) in [5, 5.41) is 0. The Bertz CT molecular complexity index is 173. The summed E-state index contributed by atoms with van der Waals surface area (Å²) < 4.78 is 5.53. The van der Waals surface area contributed by atoms with Gasteiger partial charge in [0.15, 0.2) is 5.78 Å². The minimum absolute atomic E-state index is 0.328. The molecule has 0 amide bonds. The fraction of sp³-hybridized carbons (Fsp3) is 0.875. The number of carbonyl (C=O) groups is 1. The van der Waals surface area contributed by atoms with E-state index in [0.717, 1.165) is 24.3 Å². The maximum atomic E-state index is 11.4. The van der Waals surface area contributed by atoms with Crippen molar-refractivity contribution in [3.63, 3.8) is 0 Å². The summed E-state index contributed by atoms with van der Waals surface area (Å²) in [6.07, 6.45) is 2.53. The highest BCUT2D eigenvalue weighted by Gasteiger charge is 2.43. The standard InChI is InChI=1S/C8H12O2S/c9-7-1-4-10-8(7)2-5-11-6-3-8/h1-6H2. The Morgan fingerprint density at radius 2 is 2.09 bits per heavy atom. The van der Waals surface area contributed by atoms with Crippen molar-refractivity contribution in [1.29, 1.82) is 0 Å². The first-order valence-corrected chi connectivity index (χ1v) is 5.24. The van der Waals surface area contributed by atoms with E-state index in [2.05, 4.69) is 0 Å². The molecule has 1 spiro atoms. The zero-order chi connectivity index (χ0) is 7.73. The molecule has 0 aliphatic carbocycles. The van der Waals surface area contributed by atoms with Crippen molar-refractivity contribution in [2.24, 2.45) is 0 Å². The van der Waals surface area contributed by atoms with Gasteiger partial charge in [-0.1, -0.05) is 0 Å². The van der Waals surface area contributed by atoms with Gasteiger partial charge in [0.05, 0.1) is 6.61 Å². The van der Waals surface area contributed by atoms with Gasteiger partial charge in [-0.25, -0.2) is 0 Å². The molecule has 2 nitrogen and oxygen atoms in total. The Kier molecular flexibility index (Phi) is 1.93. The first kappa shape index (κ1) is 7.62. The fourth-order valence-electron chi connectivity index (χ4n) is 1.77. The smallest absolute Gasteiger partial charge is 0.166 e. The summed E-state index contributed by atoms with van der Waals surface area (Å²) >= 11 is 1.93. The van der Waals surface area contributed by atoms with Crippen LogP contribution in [0.2, 0.25) is 0 Å². The Balaban J connectivity index is 2.12.